The number of ether oxygens (including phenoxy) is 2. The molecule has 0 bridgehead atoms. The lowest BCUT2D eigenvalue weighted by molar-refractivity contribution is -0.115. The largest absolute Gasteiger partial charge is 0.493 e. The van der Waals surface area contributed by atoms with Crippen LogP contribution in [-0.2, 0) is 4.79 Å². The van der Waals surface area contributed by atoms with E-state index in [1.165, 1.54) is 11.3 Å². The average molecular weight is 440 g/mol. The van der Waals surface area contributed by atoms with Crippen LogP contribution in [0.3, 0.4) is 0 Å². The topological polar surface area (TPSA) is 89.6 Å². The lowest BCUT2D eigenvalue weighted by atomic mass is 10.1. The number of amides is 2. The minimum atomic E-state index is -0.251. The molecule has 162 valence electrons. The number of nitrogens with one attached hydrogen (secondary N) is 2. The zero-order valence-electron chi connectivity index (χ0n) is 17.9. The van der Waals surface area contributed by atoms with Crippen LogP contribution in [0.25, 0.3) is 10.6 Å². The fraction of sp³-hybridized carbons (Fsp3) is 0.261. The molecule has 31 heavy (non-hydrogen) atoms. The van der Waals surface area contributed by atoms with E-state index in [9.17, 15) is 9.59 Å². The van der Waals surface area contributed by atoms with Crippen LogP contribution in [0.4, 0.5) is 5.69 Å². The van der Waals surface area contributed by atoms with Gasteiger partial charge in [0.2, 0.25) is 5.91 Å². The van der Waals surface area contributed by atoms with Crippen molar-refractivity contribution in [1.82, 2.24) is 10.3 Å². The summed E-state index contributed by atoms with van der Waals surface area (Å²) in [7, 11) is 3.16. The first-order valence-electron chi connectivity index (χ1n) is 9.83. The van der Waals surface area contributed by atoms with Crippen LogP contribution in [0.1, 0.15) is 42.4 Å². The quantitative estimate of drug-likeness (QED) is 0.533. The molecule has 1 atom stereocenters. The first-order valence-corrected chi connectivity index (χ1v) is 10.7. The zero-order valence-corrected chi connectivity index (χ0v) is 18.7. The molecule has 1 heterocycles. The van der Waals surface area contributed by atoms with Crippen molar-refractivity contribution in [2.45, 2.75) is 26.3 Å². The van der Waals surface area contributed by atoms with Crippen LogP contribution < -0.4 is 20.1 Å². The molecule has 0 radical (unpaired) electrons. The Morgan fingerprint density at radius 2 is 1.77 bits per heavy atom. The van der Waals surface area contributed by atoms with Gasteiger partial charge >= 0.3 is 0 Å². The first-order chi connectivity index (χ1) is 14.9. The molecule has 0 saturated carbocycles. The number of nitrogens with zero attached hydrogens (tertiary/aromatic N) is 1. The zero-order chi connectivity index (χ0) is 22.4. The third kappa shape index (κ3) is 5.40. The van der Waals surface area contributed by atoms with Crippen molar-refractivity contribution in [3.05, 3.63) is 59.1 Å². The second-order valence-corrected chi connectivity index (χ2v) is 7.68. The molecule has 0 aliphatic heterocycles. The van der Waals surface area contributed by atoms with Crippen molar-refractivity contribution in [2.75, 3.05) is 19.5 Å². The lowest BCUT2D eigenvalue weighted by Crippen LogP contribution is -2.26. The summed E-state index contributed by atoms with van der Waals surface area (Å²) in [5, 5.41) is 8.22. The number of hydrogen-bond acceptors (Lipinski definition) is 6. The molecule has 1 aromatic heterocycles. The molecule has 0 aliphatic carbocycles. The minimum Gasteiger partial charge on any atom is -0.493 e. The summed E-state index contributed by atoms with van der Waals surface area (Å²) >= 11 is 1.39. The van der Waals surface area contributed by atoms with Crippen molar-refractivity contribution in [1.29, 1.82) is 0 Å². The Labute approximate surface area is 185 Å². The van der Waals surface area contributed by atoms with E-state index >= 15 is 0 Å². The van der Waals surface area contributed by atoms with Crippen molar-refractivity contribution in [2.24, 2.45) is 0 Å². The van der Waals surface area contributed by atoms with Gasteiger partial charge in [0, 0.05) is 23.1 Å². The smallest absolute Gasteiger partial charge is 0.271 e. The molecular formula is C23H25N3O4S. The Hall–Kier alpha value is -3.39. The number of aromatic nitrogens is 1. The van der Waals surface area contributed by atoms with Crippen LogP contribution >= 0.6 is 11.3 Å². The van der Waals surface area contributed by atoms with Crippen molar-refractivity contribution in [3.63, 3.8) is 0 Å². The van der Waals surface area contributed by atoms with Gasteiger partial charge in [-0.1, -0.05) is 19.1 Å². The molecule has 0 saturated heterocycles. The predicted octanol–water partition coefficient (Wildman–Crippen LogP) is 4.67. The van der Waals surface area contributed by atoms with Gasteiger partial charge in [0.15, 0.2) is 11.5 Å². The Morgan fingerprint density at radius 1 is 1.06 bits per heavy atom. The summed E-state index contributed by atoms with van der Waals surface area (Å²) < 4.78 is 10.6. The second kappa shape index (κ2) is 10.1. The molecule has 0 aliphatic rings. The summed E-state index contributed by atoms with van der Waals surface area (Å²) in [6, 6.07) is 12.7. The maximum absolute atomic E-state index is 12.7. The number of rotatable bonds is 8. The highest BCUT2D eigenvalue weighted by atomic mass is 32.1. The molecule has 2 aromatic carbocycles. The maximum Gasteiger partial charge on any atom is 0.271 e. The van der Waals surface area contributed by atoms with Crippen LogP contribution in [0.2, 0.25) is 0 Å². The molecule has 0 spiro atoms. The number of thiazole rings is 1. The van der Waals surface area contributed by atoms with Crippen LogP contribution in [0.15, 0.2) is 47.8 Å². The molecule has 2 N–H and O–H groups in total. The van der Waals surface area contributed by atoms with E-state index in [1.807, 2.05) is 49.4 Å². The number of carbonyl (C=O) groups is 2. The van der Waals surface area contributed by atoms with Crippen LogP contribution in [0, 0.1) is 0 Å². The number of anilines is 1. The SMILES string of the molecule is CCC(=O)Nc1ccc(C(C)NC(=O)c2csc(-c3ccc(OC)c(OC)c3)n2)cc1. The van der Waals surface area contributed by atoms with Crippen LogP contribution in [-0.4, -0.2) is 31.0 Å². The summed E-state index contributed by atoms with van der Waals surface area (Å²) in [5.41, 5.74) is 2.86. The molecule has 2 amide bonds. The first kappa shape index (κ1) is 22.3. The highest BCUT2D eigenvalue weighted by molar-refractivity contribution is 7.13. The Balaban J connectivity index is 1.67. The number of hydrogen-bond donors (Lipinski definition) is 2. The Bertz CT molecular complexity index is 1060. The fourth-order valence-corrected chi connectivity index (χ4v) is 3.74. The fourth-order valence-electron chi connectivity index (χ4n) is 2.94. The van der Waals surface area contributed by atoms with Crippen molar-refractivity contribution in [3.8, 4) is 22.1 Å². The standard InChI is InChI=1S/C23H25N3O4S/c1-5-21(27)25-17-9-6-15(7-10-17)14(2)24-22(28)18-13-31-23(26-18)16-8-11-19(29-3)20(12-16)30-4/h6-14H,5H2,1-4H3,(H,24,28)(H,25,27). The average Bonchev–Trinajstić information content (AvgIpc) is 3.29. The van der Waals surface area contributed by atoms with E-state index in [4.69, 9.17) is 9.47 Å². The van der Waals surface area contributed by atoms with E-state index in [0.29, 0.717) is 23.6 Å². The molecule has 3 aromatic rings. The van der Waals surface area contributed by atoms with E-state index in [1.54, 1.807) is 26.5 Å². The lowest BCUT2D eigenvalue weighted by Gasteiger charge is -2.14. The van der Waals surface area contributed by atoms with E-state index in [0.717, 1.165) is 21.8 Å². The molecular weight excluding hydrogens is 414 g/mol. The number of benzene rings is 2. The van der Waals surface area contributed by atoms with Gasteiger partial charge in [-0.3, -0.25) is 9.59 Å². The van der Waals surface area contributed by atoms with Gasteiger partial charge in [0.25, 0.3) is 5.91 Å². The van der Waals surface area contributed by atoms with Gasteiger partial charge in [0.05, 0.1) is 20.3 Å². The second-order valence-electron chi connectivity index (χ2n) is 6.83. The molecule has 0 fully saturated rings. The maximum atomic E-state index is 12.7. The van der Waals surface area contributed by atoms with Crippen LogP contribution in [0.5, 0.6) is 11.5 Å². The third-order valence-corrected chi connectivity index (χ3v) is 5.62. The number of methoxy groups -OCH3 is 2. The van der Waals surface area contributed by atoms with Gasteiger partial charge in [-0.15, -0.1) is 11.3 Å². The minimum absolute atomic E-state index is 0.0390. The van der Waals surface area contributed by atoms with E-state index in [2.05, 4.69) is 15.6 Å². The van der Waals surface area contributed by atoms with Gasteiger partial charge in [0.1, 0.15) is 10.7 Å². The van der Waals surface area contributed by atoms with Crippen molar-refractivity contribution < 1.29 is 19.1 Å². The summed E-state index contributed by atoms with van der Waals surface area (Å²) in [4.78, 5) is 28.6. The predicted molar refractivity (Wildman–Crippen MR) is 122 cm³/mol. The summed E-state index contributed by atoms with van der Waals surface area (Å²) in [6.07, 6.45) is 0.424. The van der Waals surface area contributed by atoms with Gasteiger partial charge in [-0.05, 0) is 42.8 Å². The highest BCUT2D eigenvalue weighted by Crippen LogP contribution is 2.33. The normalized spacial score (nSPS) is 11.5. The highest BCUT2D eigenvalue weighted by Gasteiger charge is 2.16. The Kier molecular flexibility index (Phi) is 7.25. The molecule has 8 heteroatoms. The molecule has 1 unspecified atom stereocenters. The van der Waals surface area contributed by atoms with Gasteiger partial charge in [-0.25, -0.2) is 4.98 Å². The van der Waals surface area contributed by atoms with Gasteiger partial charge < -0.3 is 20.1 Å². The van der Waals surface area contributed by atoms with E-state index in [-0.39, 0.29) is 17.9 Å². The number of carbonyl (C=O) groups excluding carboxylic acids is 2. The summed E-state index contributed by atoms with van der Waals surface area (Å²) in [5.74, 6) is 0.949. The van der Waals surface area contributed by atoms with Crippen molar-refractivity contribution >= 4 is 28.8 Å². The molecule has 3 rings (SSSR count). The summed E-state index contributed by atoms with van der Waals surface area (Å²) in [6.45, 7) is 3.70. The Morgan fingerprint density at radius 3 is 2.42 bits per heavy atom. The molecule has 7 nitrogen and oxygen atoms in total. The monoisotopic (exact) mass is 439 g/mol. The van der Waals surface area contributed by atoms with Gasteiger partial charge in [-0.2, -0.15) is 0 Å². The van der Waals surface area contributed by atoms with E-state index < -0.39 is 0 Å². The third-order valence-electron chi connectivity index (χ3n) is 4.73.